The second kappa shape index (κ2) is 6.47. The second-order valence-electron chi connectivity index (χ2n) is 4.77. The third-order valence-electron chi connectivity index (χ3n) is 3.54. The van der Waals surface area contributed by atoms with Crippen molar-refractivity contribution in [3.05, 3.63) is 17.8 Å². The van der Waals surface area contributed by atoms with Gasteiger partial charge in [-0.3, -0.25) is 0 Å². The Hall–Kier alpha value is -1.69. The molecule has 1 aliphatic carbocycles. The summed E-state index contributed by atoms with van der Waals surface area (Å²) >= 11 is 0. The molecule has 6 heteroatoms. The number of ether oxygens (including phenoxy) is 1. The number of aromatic nitrogens is 2. The molecule has 0 amide bonds. The van der Waals surface area contributed by atoms with Crippen LogP contribution in [-0.4, -0.2) is 41.0 Å². The fourth-order valence-corrected chi connectivity index (χ4v) is 2.43. The molecule has 2 unspecified atom stereocenters. The molecule has 1 aliphatic rings. The standard InChI is InChI=1S/C13H19N3O3/c1-19-13(18)11-6-7-12(16-15-11)14-10-5-3-2-4-9(10)8-17/h6-7,9-10,17H,2-5,8H2,1H3,(H,14,16). The first-order valence-electron chi connectivity index (χ1n) is 6.54. The highest BCUT2D eigenvalue weighted by molar-refractivity contribution is 5.86. The summed E-state index contributed by atoms with van der Waals surface area (Å²) in [6.45, 7) is 0.186. The normalized spacial score (nSPS) is 22.8. The molecular weight excluding hydrogens is 246 g/mol. The van der Waals surface area contributed by atoms with Gasteiger partial charge in [-0.2, -0.15) is 0 Å². The van der Waals surface area contributed by atoms with Gasteiger partial charge in [-0.25, -0.2) is 4.79 Å². The first-order chi connectivity index (χ1) is 9.24. The highest BCUT2D eigenvalue weighted by Gasteiger charge is 2.24. The molecule has 0 aromatic carbocycles. The Morgan fingerprint density at radius 3 is 2.84 bits per heavy atom. The second-order valence-corrected chi connectivity index (χ2v) is 4.77. The molecule has 0 bridgehead atoms. The molecule has 1 fully saturated rings. The Bertz CT molecular complexity index is 422. The zero-order valence-corrected chi connectivity index (χ0v) is 11.0. The molecule has 1 aromatic rings. The van der Waals surface area contributed by atoms with Gasteiger partial charge in [0.25, 0.3) is 0 Å². The number of hydrogen-bond acceptors (Lipinski definition) is 6. The number of esters is 1. The van der Waals surface area contributed by atoms with Crippen LogP contribution in [0.2, 0.25) is 0 Å². The highest BCUT2D eigenvalue weighted by Crippen LogP contribution is 2.26. The summed E-state index contributed by atoms with van der Waals surface area (Å²) in [5.41, 5.74) is 0.190. The van der Waals surface area contributed by atoms with E-state index in [-0.39, 0.29) is 24.3 Å². The van der Waals surface area contributed by atoms with E-state index in [1.54, 1.807) is 12.1 Å². The fraction of sp³-hybridized carbons (Fsp3) is 0.615. The number of hydrogen-bond donors (Lipinski definition) is 2. The van der Waals surface area contributed by atoms with Gasteiger partial charge in [-0.15, -0.1) is 10.2 Å². The van der Waals surface area contributed by atoms with Crippen LogP contribution >= 0.6 is 0 Å². The number of aliphatic hydroxyl groups is 1. The largest absolute Gasteiger partial charge is 0.464 e. The van der Waals surface area contributed by atoms with Gasteiger partial charge in [0, 0.05) is 18.6 Å². The smallest absolute Gasteiger partial charge is 0.358 e. The molecule has 0 spiro atoms. The van der Waals surface area contributed by atoms with Gasteiger partial charge in [-0.1, -0.05) is 12.8 Å². The lowest BCUT2D eigenvalue weighted by Gasteiger charge is -2.31. The highest BCUT2D eigenvalue weighted by atomic mass is 16.5. The maximum atomic E-state index is 11.2. The van der Waals surface area contributed by atoms with Crippen LogP contribution in [0.5, 0.6) is 0 Å². The van der Waals surface area contributed by atoms with Crippen LogP contribution in [0.25, 0.3) is 0 Å². The number of methoxy groups -OCH3 is 1. The number of carbonyl (C=O) groups excluding carboxylic acids is 1. The van der Waals surface area contributed by atoms with Gasteiger partial charge in [0.15, 0.2) is 5.69 Å². The Morgan fingerprint density at radius 2 is 2.21 bits per heavy atom. The lowest BCUT2D eigenvalue weighted by atomic mass is 9.85. The minimum absolute atomic E-state index is 0.186. The molecule has 104 valence electrons. The molecule has 1 saturated carbocycles. The van der Waals surface area contributed by atoms with Gasteiger partial charge in [-0.05, 0) is 25.0 Å². The van der Waals surface area contributed by atoms with Crippen molar-refractivity contribution >= 4 is 11.8 Å². The predicted octanol–water partition coefficient (Wildman–Crippen LogP) is 1.23. The van der Waals surface area contributed by atoms with Crippen LogP contribution in [0.15, 0.2) is 12.1 Å². The van der Waals surface area contributed by atoms with Crippen molar-refractivity contribution in [2.75, 3.05) is 19.0 Å². The minimum Gasteiger partial charge on any atom is -0.464 e. The van der Waals surface area contributed by atoms with E-state index in [1.807, 2.05) is 0 Å². The Morgan fingerprint density at radius 1 is 1.42 bits per heavy atom. The molecule has 19 heavy (non-hydrogen) atoms. The van der Waals surface area contributed by atoms with Crippen molar-refractivity contribution in [2.45, 2.75) is 31.7 Å². The van der Waals surface area contributed by atoms with E-state index in [4.69, 9.17) is 0 Å². The summed E-state index contributed by atoms with van der Waals surface area (Å²) in [5, 5.41) is 20.4. The fourth-order valence-electron chi connectivity index (χ4n) is 2.43. The monoisotopic (exact) mass is 265 g/mol. The molecule has 0 aliphatic heterocycles. The van der Waals surface area contributed by atoms with Crippen molar-refractivity contribution in [1.82, 2.24) is 10.2 Å². The zero-order chi connectivity index (χ0) is 13.7. The number of anilines is 1. The van der Waals surface area contributed by atoms with Crippen LogP contribution in [0.3, 0.4) is 0 Å². The Kier molecular flexibility index (Phi) is 4.68. The Labute approximate surface area is 112 Å². The molecule has 6 nitrogen and oxygen atoms in total. The van der Waals surface area contributed by atoms with Gasteiger partial charge >= 0.3 is 5.97 Å². The summed E-state index contributed by atoms with van der Waals surface area (Å²) < 4.78 is 4.57. The Balaban J connectivity index is 2.00. The molecule has 1 aromatic heterocycles. The first kappa shape index (κ1) is 13.7. The van der Waals surface area contributed by atoms with Gasteiger partial charge in [0.1, 0.15) is 5.82 Å². The average Bonchev–Trinajstić information content (AvgIpc) is 2.48. The lowest BCUT2D eigenvalue weighted by molar-refractivity contribution is 0.0593. The maximum absolute atomic E-state index is 11.2. The van der Waals surface area contributed by atoms with Crippen molar-refractivity contribution in [3.8, 4) is 0 Å². The van der Waals surface area contributed by atoms with Gasteiger partial charge < -0.3 is 15.2 Å². The summed E-state index contributed by atoms with van der Waals surface area (Å²) in [6.07, 6.45) is 4.37. The SMILES string of the molecule is COC(=O)c1ccc(NC2CCCCC2CO)nn1. The van der Waals surface area contributed by atoms with Gasteiger partial charge in [0.05, 0.1) is 7.11 Å². The molecule has 1 heterocycles. The molecule has 0 saturated heterocycles. The molecule has 2 rings (SSSR count). The van der Waals surface area contributed by atoms with Crippen LogP contribution in [-0.2, 0) is 4.74 Å². The predicted molar refractivity (Wildman–Crippen MR) is 69.8 cm³/mol. The van der Waals surface area contributed by atoms with Crippen LogP contribution < -0.4 is 5.32 Å². The molecular formula is C13H19N3O3. The average molecular weight is 265 g/mol. The number of nitrogens with zero attached hydrogens (tertiary/aromatic N) is 2. The lowest BCUT2D eigenvalue weighted by Crippen LogP contribution is -2.34. The van der Waals surface area contributed by atoms with Crippen LogP contribution in [0.1, 0.15) is 36.2 Å². The van der Waals surface area contributed by atoms with Crippen molar-refractivity contribution in [3.63, 3.8) is 0 Å². The third kappa shape index (κ3) is 3.41. The van der Waals surface area contributed by atoms with E-state index in [2.05, 4.69) is 20.3 Å². The summed E-state index contributed by atoms with van der Waals surface area (Å²) in [4.78, 5) is 11.2. The minimum atomic E-state index is -0.495. The van der Waals surface area contributed by atoms with E-state index in [0.717, 1.165) is 25.7 Å². The van der Waals surface area contributed by atoms with Gasteiger partial charge in [0.2, 0.25) is 0 Å². The number of carbonyl (C=O) groups is 1. The molecule has 2 N–H and O–H groups in total. The number of rotatable bonds is 4. The van der Waals surface area contributed by atoms with E-state index >= 15 is 0 Å². The topological polar surface area (TPSA) is 84.3 Å². The van der Waals surface area contributed by atoms with Crippen LogP contribution in [0, 0.1) is 5.92 Å². The third-order valence-corrected chi connectivity index (χ3v) is 3.54. The van der Waals surface area contributed by atoms with E-state index in [9.17, 15) is 9.90 Å². The zero-order valence-electron chi connectivity index (χ0n) is 11.0. The van der Waals surface area contributed by atoms with Crippen LogP contribution in [0.4, 0.5) is 5.82 Å². The number of nitrogens with one attached hydrogen (secondary N) is 1. The molecule has 2 atom stereocenters. The van der Waals surface area contributed by atoms with E-state index < -0.39 is 5.97 Å². The number of aliphatic hydroxyl groups excluding tert-OH is 1. The van der Waals surface area contributed by atoms with E-state index in [0.29, 0.717) is 5.82 Å². The molecule has 0 radical (unpaired) electrons. The van der Waals surface area contributed by atoms with Crippen molar-refractivity contribution in [2.24, 2.45) is 5.92 Å². The quantitative estimate of drug-likeness (QED) is 0.796. The summed E-state index contributed by atoms with van der Waals surface area (Å²) in [5.74, 6) is 0.388. The first-order valence-corrected chi connectivity index (χ1v) is 6.54. The summed E-state index contributed by atoms with van der Waals surface area (Å²) in [6, 6.07) is 3.51. The maximum Gasteiger partial charge on any atom is 0.358 e. The van der Waals surface area contributed by atoms with E-state index in [1.165, 1.54) is 7.11 Å². The van der Waals surface area contributed by atoms with Crippen molar-refractivity contribution in [1.29, 1.82) is 0 Å². The summed E-state index contributed by atoms with van der Waals surface area (Å²) in [7, 11) is 1.31. The van der Waals surface area contributed by atoms with Crippen molar-refractivity contribution < 1.29 is 14.6 Å².